The van der Waals surface area contributed by atoms with Crippen LogP contribution in [0.1, 0.15) is 33.1 Å². The second-order valence-electron chi connectivity index (χ2n) is 3.02. The van der Waals surface area contributed by atoms with Gasteiger partial charge in [-0.25, -0.2) is 0 Å². The topological polar surface area (TPSA) is 70.6 Å². The molecule has 0 aliphatic carbocycles. The Hall–Kier alpha value is -0.770. The third-order valence-electron chi connectivity index (χ3n) is 1.75. The molecule has 0 amide bonds. The van der Waals surface area contributed by atoms with E-state index in [2.05, 4.69) is 24.3 Å². The molecule has 4 nitrogen and oxygen atoms in total. The maximum Gasteiger partial charge on any atom is 0.153 e. The molecule has 0 heterocycles. The quantitative estimate of drug-likeness (QED) is 0.242. The first-order chi connectivity index (χ1) is 5.70. The van der Waals surface area contributed by atoms with Crippen LogP contribution in [-0.2, 0) is 0 Å². The van der Waals surface area contributed by atoms with E-state index in [0.717, 1.165) is 6.42 Å². The number of nitrogens with one attached hydrogen (secondary N) is 1. The predicted molar refractivity (Wildman–Crippen MR) is 50.4 cm³/mol. The Morgan fingerprint density at radius 1 is 1.67 bits per heavy atom. The zero-order valence-corrected chi connectivity index (χ0v) is 7.88. The van der Waals surface area contributed by atoms with E-state index in [-0.39, 0.29) is 5.84 Å². The Labute approximate surface area is 73.8 Å². The summed E-state index contributed by atoms with van der Waals surface area (Å²) >= 11 is 0. The lowest BCUT2D eigenvalue weighted by molar-refractivity contribution is 0.316. The first kappa shape index (κ1) is 11.2. The summed E-state index contributed by atoms with van der Waals surface area (Å²) in [5.74, 6) is 0.235. The van der Waals surface area contributed by atoms with Crippen LogP contribution in [0.5, 0.6) is 0 Å². The second-order valence-corrected chi connectivity index (χ2v) is 3.02. The number of hydrogen-bond acceptors (Lipinski definition) is 3. The number of nitrogens with zero attached hydrogens (tertiary/aromatic N) is 1. The van der Waals surface area contributed by atoms with Gasteiger partial charge in [-0.2, -0.15) is 0 Å². The smallest absolute Gasteiger partial charge is 0.153 e. The van der Waals surface area contributed by atoms with Gasteiger partial charge >= 0.3 is 0 Å². The van der Waals surface area contributed by atoms with Crippen molar-refractivity contribution in [2.24, 2.45) is 10.9 Å². The fourth-order valence-corrected chi connectivity index (χ4v) is 0.927. The summed E-state index contributed by atoms with van der Waals surface area (Å²) in [6, 6.07) is 0.435. The van der Waals surface area contributed by atoms with E-state index in [4.69, 9.17) is 10.9 Å². The van der Waals surface area contributed by atoms with Crippen LogP contribution in [0.2, 0.25) is 0 Å². The van der Waals surface area contributed by atoms with Crippen molar-refractivity contribution in [3.05, 3.63) is 0 Å². The molecule has 0 saturated heterocycles. The molecule has 0 spiro atoms. The number of unbranched alkanes of at least 4 members (excludes halogenated alkanes) is 1. The molecule has 1 unspecified atom stereocenters. The van der Waals surface area contributed by atoms with Gasteiger partial charge in [-0.15, -0.1) is 0 Å². The molecule has 0 aromatic heterocycles. The highest BCUT2D eigenvalue weighted by molar-refractivity contribution is 5.81. The monoisotopic (exact) mass is 173 g/mol. The summed E-state index contributed by atoms with van der Waals surface area (Å²) in [5, 5.41) is 14.3. The zero-order valence-electron chi connectivity index (χ0n) is 7.88. The normalized spacial score (nSPS) is 14.7. The van der Waals surface area contributed by atoms with E-state index >= 15 is 0 Å². The summed E-state index contributed by atoms with van der Waals surface area (Å²) in [6.45, 7) is 4.72. The van der Waals surface area contributed by atoms with Gasteiger partial charge in [0.15, 0.2) is 5.84 Å². The van der Waals surface area contributed by atoms with Crippen molar-refractivity contribution in [2.45, 2.75) is 39.2 Å². The van der Waals surface area contributed by atoms with Gasteiger partial charge in [0.1, 0.15) is 0 Å². The van der Waals surface area contributed by atoms with Gasteiger partial charge in [0.25, 0.3) is 0 Å². The van der Waals surface area contributed by atoms with Crippen LogP contribution in [0.25, 0.3) is 0 Å². The first-order valence-corrected chi connectivity index (χ1v) is 4.40. The van der Waals surface area contributed by atoms with Crippen molar-refractivity contribution in [3.8, 4) is 0 Å². The van der Waals surface area contributed by atoms with Gasteiger partial charge < -0.3 is 16.3 Å². The van der Waals surface area contributed by atoms with Gasteiger partial charge in [0.05, 0.1) is 6.54 Å². The summed E-state index contributed by atoms with van der Waals surface area (Å²) in [7, 11) is 0. The molecule has 0 aromatic carbocycles. The maximum absolute atomic E-state index is 8.25. The number of nitrogens with two attached hydrogens (primary N) is 1. The van der Waals surface area contributed by atoms with Gasteiger partial charge in [-0.05, 0) is 13.3 Å². The minimum Gasteiger partial charge on any atom is -0.409 e. The molecule has 4 heteroatoms. The molecule has 72 valence electrons. The molecule has 0 fully saturated rings. The molecule has 0 aliphatic heterocycles. The van der Waals surface area contributed by atoms with E-state index in [1.54, 1.807) is 0 Å². The summed E-state index contributed by atoms with van der Waals surface area (Å²) in [6.07, 6.45) is 3.55. The van der Waals surface area contributed by atoms with Crippen LogP contribution < -0.4 is 11.1 Å². The van der Waals surface area contributed by atoms with E-state index in [0.29, 0.717) is 12.6 Å². The minimum atomic E-state index is 0.235. The van der Waals surface area contributed by atoms with Crippen LogP contribution in [0.4, 0.5) is 0 Å². The van der Waals surface area contributed by atoms with Gasteiger partial charge in [0.2, 0.25) is 0 Å². The van der Waals surface area contributed by atoms with Crippen LogP contribution >= 0.6 is 0 Å². The highest BCUT2D eigenvalue weighted by Gasteiger charge is 2.00. The standard InChI is InChI=1S/C8H19N3O/c1-3-4-5-7(2)10-6-8(9)11-12/h7,10,12H,3-6H2,1-2H3,(H2,9,11). The molecule has 0 saturated carbocycles. The molecule has 0 aliphatic rings. The molecule has 12 heavy (non-hydrogen) atoms. The Kier molecular flexibility index (Phi) is 6.47. The second kappa shape index (κ2) is 6.91. The van der Waals surface area contributed by atoms with E-state index < -0.39 is 0 Å². The van der Waals surface area contributed by atoms with Crippen molar-refractivity contribution >= 4 is 5.84 Å². The van der Waals surface area contributed by atoms with E-state index in [9.17, 15) is 0 Å². The van der Waals surface area contributed by atoms with Crippen molar-refractivity contribution in [3.63, 3.8) is 0 Å². The van der Waals surface area contributed by atoms with Crippen molar-refractivity contribution in [1.82, 2.24) is 5.32 Å². The molecule has 0 rings (SSSR count). The van der Waals surface area contributed by atoms with E-state index in [1.807, 2.05) is 0 Å². The number of amidine groups is 1. The van der Waals surface area contributed by atoms with Crippen LogP contribution in [0, 0.1) is 0 Å². The molecule has 1 atom stereocenters. The average molecular weight is 173 g/mol. The van der Waals surface area contributed by atoms with Crippen molar-refractivity contribution in [1.29, 1.82) is 0 Å². The lowest BCUT2D eigenvalue weighted by Gasteiger charge is -2.11. The average Bonchev–Trinajstić information content (AvgIpc) is 2.10. The Morgan fingerprint density at radius 2 is 2.33 bits per heavy atom. The number of oxime groups is 1. The lowest BCUT2D eigenvalue weighted by atomic mass is 10.1. The van der Waals surface area contributed by atoms with Gasteiger partial charge in [0, 0.05) is 6.04 Å². The zero-order chi connectivity index (χ0) is 9.40. The lowest BCUT2D eigenvalue weighted by Crippen LogP contribution is -2.34. The van der Waals surface area contributed by atoms with Crippen molar-refractivity contribution < 1.29 is 5.21 Å². The van der Waals surface area contributed by atoms with Crippen LogP contribution in [0.15, 0.2) is 5.16 Å². The van der Waals surface area contributed by atoms with Gasteiger partial charge in [-0.1, -0.05) is 24.9 Å². The first-order valence-electron chi connectivity index (χ1n) is 4.40. The fraction of sp³-hybridized carbons (Fsp3) is 0.875. The molecule has 4 N–H and O–H groups in total. The molecule has 0 aromatic rings. The minimum absolute atomic E-state index is 0.235. The Balaban J connectivity index is 3.37. The number of hydrogen-bond donors (Lipinski definition) is 3. The highest BCUT2D eigenvalue weighted by atomic mass is 16.4. The van der Waals surface area contributed by atoms with Gasteiger partial charge in [-0.3, -0.25) is 0 Å². The fourth-order valence-electron chi connectivity index (χ4n) is 0.927. The Morgan fingerprint density at radius 3 is 2.83 bits per heavy atom. The third kappa shape index (κ3) is 5.97. The third-order valence-corrected chi connectivity index (χ3v) is 1.75. The van der Waals surface area contributed by atoms with E-state index in [1.165, 1.54) is 12.8 Å². The molecular weight excluding hydrogens is 154 g/mol. The molecule has 0 bridgehead atoms. The molecule has 0 radical (unpaired) electrons. The summed E-state index contributed by atoms with van der Waals surface area (Å²) in [4.78, 5) is 0. The van der Waals surface area contributed by atoms with Crippen molar-refractivity contribution in [2.75, 3.05) is 6.54 Å². The summed E-state index contributed by atoms with van der Waals surface area (Å²) < 4.78 is 0. The SMILES string of the molecule is CCCCC(C)NCC(N)=NO. The van der Waals surface area contributed by atoms with Crippen LogP contribution in [0.3, 0.4) is 0 Å². The van der Waals surface area contributed by atoms with Crippen LogP contribution in [-0.4, -0.2) is 23.6 Å². The summed E-state index contributed by atoms with van der Waals surface area (Å²) in [5.41, 5.74) is 5.29. The Bertz CT molecular complexity index is 136. The molecular formula is C8H19N3O. The number of rotatable bonds is 6. The highest BCUT2D eigenvalue weighted by Crippen LogP contribution is 1.98. The predicted octanol–water partition coefficient (Wildman–Crippen LogP) is 0.901. The maximum atomic E-state index is 8.25. The largest absolute Gasteiger partial charge is 0.409 e.